The monoisotopic (exact) mass is 301 g/mol. The molecule has 0 saturated carbocycles. The molecule has 15 heavy (non-hydrogen) atoms. The van der Waals surface area contributed by atoms with E-state index in [1.54, 1.807) is 11.3 Å². The van der Waals surface area contributed by atoms with Gasteiger partial charge in [0.2, 0.25) is 0 Å². The highest BCUT2D eigenvalue weighted by molar-refractivity contribution is 9.10. The van der Waals surface area contributed by atoms with Crippen LogP contribution in [-0.2, 0) is 0 Å². The molecule has 1 atom stereocenters. The van der Waals surface area contributed by atoms with E-state index in [0.29, 0.717) is 5.02 Å². The minimum Gasteiger partial charge on any atom is -0.320 e. The Hall–Kier alpha value is -0.350. The number of rotatable bonds is 2. The van der Waals surface area contributed by atoms with Crippen LogP contribution in [0, 0.1) is 0 Å². The first kappa shape index (κ1) is 11.1. The Balaban J connectivity index is 2.41. The highest BCUT2D eigenvalue weighted by atomic mass is 79.9. The zero-order valence-corrected chi connectivity index (χ0v) is 10.9. The molecule has 0 unspecified atom stereocenters. The molecule has 0 amide bonds. The van der Waals surface area contributed by atoms with Gasteiger partial charge in [0.1, 0.15) is 0 Å². The zero-order valence-electron chi connectivity index (χ0n) is 7.78. The van der Waals surface area contributed by atoms with Crippen LogP contribution in [0.3, 0.4) is 0 Å². The van der Waals surface area contributed by atoms with Gasteiger partial charge in [-0.1, -0.05) is 33.6 Å². The molecular weight excluding hydrogens is 294 g/mol. The van der Waals surface area contributed by atoms with E-state index >= 15 is 0 Å². The maximum atomic E-state index is 6.14. The lowest BCUT2D eigenvalue weighted by Gasteiger charge is -2.12. The molecule has 1 aromatic carbocycles. The second-order valence-corrected chi connectivity index (χ2v) is 5.46. The van der Waals surface area contributed by atoms with Crippen molar-refractivity contribution in [2.45, 2.75) is 6.04 Å². The molecule has 0 radical (unpaired) electrons. The van der Waals surface area contributed by atoms with Crippen molar-refractivity contribution in [2.75, 3.05) is 0 Å². The topological polar surface area (TPSA) is 26.0 Å². The normalized spacial score (nSPS) is 12.7. The Morgan fingerprint density at radius 2 is 2.13 bits per heavy atom. The molecule has 2 aromatic rings. The molecule has 0 fully saturated rings. The fraction of sp³-hybridized carbons (Fsp3) is 0.0909. The minimum atomic E-state index is -0.144. The fourth-order valence-electron chi connectivity index (χ4n) is 1.37. The molecule has 4 heteroatoms. The van der Waals surface area contributed by atoms with Gasteiger partial charge in [-0.05, 0) is 35.2 Å². The largest absolute Gasteiger partial charge is 0.320 e. The van der Waals surface area contributed by atoms with Gasteiger partial charge < -0.3 is 5.73 Å². The molecule has 1 heterocycles. The van der Waals surface area contributed by atoms with E-state index in [4.69, 9.17) is 17.3 Å². The number of halogens is 2. The highest BCUT2D eigenvalue weighted by Gasteiger charge is 2.13. The average molecular weight is 303 g/mol. The van der Waals surface area contributed by atoms with Gasteiger partial charge >= 0.3 is 0 Å². The summed E-state index contributed by atoms with van der Waals surface area (Å²) in [4.78, 5) is 1.12. The molecule has 2 N–H and O–H groups in total. The van der Waals surface area contributed by atoms with Crippen LogP contribution in [-0.4, -0.2) is 0 Å². The molecule has 0 aliphatic carbocycles. The van der Waals surface area contributed by atoms with E-state index in [-0.39, 0.29) is 6.04 Å². The van der Waals surface area contributed by atoms with Crippen molar-refractivity contribution in [3.05, 3.63) is 55.6 Å². The Morgan fingerprint density at radius 3 is 2.80 bits per heavy atom. The molecule has 0 aliphatic heterocycles. The first-order valence-electron chi connectivity index (χ1n) is 4.42. The molecule has 78 valence electrons. The van der Waals surface area contributed by atoms with Crippen molar-refractivity contribution in [1.82, 2.24) is 0 Å². The Kier molecular flexibility index (Phi) is 3.46. The molecule has 1 aromatic heterocycles. The molecule has 0 saturated heterocycles. The number of nitrogens with two attached hydrogens (primary N) is 1. The van der Waals surface area contributed by atoms with Crippen molar-refractivity contribution >= 4 is 38.9 Å². The number of hydrogen-bond acceptors (Lipinski definition) is 2. The van der Waals surface area contributed by atoms with Gasteiger partial charge in [-0.25, -0.2) is 0 Å². The van der Waals surface area contributed by atoms with Crippen LogP contribution in [0.25, 0.3) is 0 Å². The predicted octanol–water partition coefficient (Wildman–Crippen LogP) is 4.21. The van der Waals surface area contributed by atoms with Gasteiger partial charge in [-0.2, -0.15) is 0 Å². The lowest BCUT2D eigenvalue weighted by molar-refractivity contribution is 0.893. The van der Waals surface area contributed by atoms with E-state index in [2.05, 4.69) is 15.9 Å². The van der Waals surface area contributed by atoms with Gasteiger partial charge in [0.05, 0.1) is 6.04 Å². The Morgan fingerprint density at radius 1 is 1.33 bits per heavy atom. The minimum absolute atomic E-state index is 0.144. The van der Waals surface area contributed by atoms with Crippen molar-refractivity contribution in [3.63, 3.8) is 0 Å². The molecular formula is C11H9BrClNS. The third kappa shape index (κ3) is 2.42. The van der Waals surface area contributed by atoms with Crippen LogP contribution < -0.4 is 5.73 Å². The summed E-state index contributed by atoms with van der Waals surface area (Å²) in [5, 5.41) is 2.72. The summed E-state index contributed by atoms with van der Waals surface area (Å²) in [7, 11) is 0. The zero-order chi connectivity index (χ0) is 10.8. The number of thiophene rings is 1. The second kappa shape index (κ2) is 4.66. The van der Waals surface area contributed by atoms with Crippen LogP contribution >= 0.6 is 38.9 Å². The summed E-state index contributed by atoms with van der Waals surface area (Å²) in [6, 6.07) is 9.60. The Labute approximate surface area is 106 Å². The maximum Gasteiger partial charge on any atom is 0.0661 e. The van der Waals surface area contributed by atoms with Crippen molar-refractivity contribution in [2.24, 2.45) is 5.73 Å². The Bertz CT molecular complexity index is 456. The molecule has 2 rings (SSSR count). The summed E-state index contributed by atoms with van der Waals surface area (Å²) in [6.45, 7) is 0. The van der Waals surface area contributed by atoms with Gasteiger partial charge in [0, 0.05) is 14.4 Å². The lowest BCUT2D eigenvalue weighted by Crippen LogP contribution is -2.10. The first-order chi connectivity index (χ1) is 7.18. The first-order valence-corrected chi connectivity index (χ1v) is 6.47. The van der Waals surface area contributed by atoms with Gasteiger partial charge in [0.25, 0.3) is 0 Å². The lowest BCUT2D eigenvalue weighted by atomic mass is 10.1. The van der Waals surface area contributed by atoms with Gasteiger partial charge in [-0.3, -0.25) is 0 Å². The van der Waals surface area contributed by atoms with E-state index in [1.807, 2.05) is 35.7 Å². The van der Waals surface area contributed by atoms with Crippen LogP contribution in [0.4, 0.5) is 0 Å². The van der Waals surface area contributed by atoms with Crippen LogP contribution in [0.5, 0.6) is 0 Å². The van der Waals surface area contributed by atoms with Crippen LogP contribution in [0.2, 0.25) is 5.02 Å². The van der Waals surface area contributed by atoms with Gasteiger partial charge in [0.15, 0.2) is 0 Å². The number of hydrogen-bond donors (Lipinski definition) is 1. The molecule has 0 bridgehead atoms. The van der Waals surface area contributed by atoms with Crippen molar-refractivity contribution < 1.29 is 0 Å². The van der Waals surface area contributed by atoms with Crippen LogP contribution in [0.1, 0.15) is 16.5 Å². The fourth-order valence-corrected chi connectivity index (χ4v) is 2.73. The smallest absolute Gasteiger partial charge is 0.0661 e. The third-order valence-electron chi connectivity index (χ3n) is 2.14. The van der Waals surface area contributed by atoms with Crippen LogP contribution in [0.15, 0.2) is 40.2 Å². The summed E-state index contributed by atoms with van der Waals surface area (Å²) in [5.41, 5.74) is 7.09. The summed E-state index contributed by atoms with van der Waals surface area (Å²) >= 11 is 11.2. The van der Waals surface area contributed by atoms with E-state index in [1.165, 1.54) is 0 Å². The number of benzene rings is 1. The SMILES string of the molecule is N[C@@H](c1cccs1)c1cc(Br)ccc1Cl. The summed E-state index contributed by atoms with van der Waals surface area (Å²) in [6.07, 6.45) is 0. The average Bonchev–Trinajstić information content (AvgIpc) is 2.74. The standard InChI is InChI=1S/C11H9BrClNS/c12-7-3-4-9(13)8(6-7)11(14)10-2-1-5-15-10/h1-6,11H,14H2/t11-/m1/s1. The predicted molar refractivity (Wildman–Crippen MR) is 69.5 cm³/mol. The molecule has 1 nitrogen and oxygen atoms in total. The summed E-state index contributed by atoms with van der Waals surface area (Å²) < 4.78 is 0.994. The van der Waals surface area contributed by atoms with E-state index in [0.717, 1.165) is 14.9 Å². The third-order valence-corrected chi connectivity index (χ3v) is 3.94. The van der Waals surface area contributed by atoms with Crippen molar-refractivity contribution in [1.29, 1.82) is 0 Å². The molecule has 0 spiro atoms. The van der Waals surface area contributed by atoms with E-state index in [9.17, 15) is 0 Å². The summed E-state index contributed by atoms with van der Waals surface area (Å²) in [5.74, 6) is 0. The van der Waals surface area contributed by atoms with Gasteiger partial charge in [-0.15, -0.1) is 11.3 Å². The van der Waals surface area contributed by atoms with Crippen molar-refractivity contribution in [3.8, 4) is 0 Å². The second-order valence-electron chi connectivity index (χ2n) is 3.16. The van der Waals surface area contributed by atoms with E-state index < -0.39 is 0 Å². The maximum absolute atomic E-state index is 6.14. The quantitative estimate of drug-likeness (QED) is 0.883. The highest BCUT2D eigenvalue weighted by Crippen LogP contribution is 2.30. The molecule has 0 aliphatic rings.